The quantitative estimate of drug-likeness (QED) is 0.761. The molecule has 0 spiro atoms. The number of rotatable bonds is 5. The molecule has 0 aromatic heterocycles. The molecule has 28 heavy (non-hydrogen) atoms. The Morgan fingerprint density at radius 3 is 2.57 bits per heavy atom. The Bertz CT molecular complexity index is 673. The van der Waals surface area contributed by atoms with Crippen molar-refractivity contribution in [2.45, 2.75) is 94.4 Å². The molecular weight excluding hydrogens is 370 g/mol. The summed E-state index contributed by atoms with van der Waals surface area (Å²) in [7, 11) is 0. The van der Waals surface area contributed by atoms with Crippen molar-refractivity contribution in [1.29, 1.82) is 0 Å². The molecule has 3 unspecified atom stereocenters. The second-order valence-corrected chi connectivity index (χ2v) is 11.0. The van der Waals surface area contributed by atoms with Gasteiger partial charge in [-0.2, -0.15) is 0 Å². The Morgan fingerprint density at radius 2 is 1.89 bits per heavy atom. The van der Waals surface area contributed by atoms with Crippen LogP contribution >= 0.6 is 11.8 Å². The van der Waals surface area contributed by atoms with Crippen LogP contribution in [0.3, 0.4) is 0 Å². The van der Waals surface area contributed by atoms with Crippen LogP contribution in [-0.2, 0) is 9.59 Å². The van der Waals surface area contributed by atoms with E-state index in [0.717, 1.165) is 42.3 Å². The average molecular weight is 404 g/mol. The van der Waals surface area contributed by atoms with E-state index in [1.54, 1.807) is 0 Å². The lowest BCUT2D eigenvalue weighted by Gasteiger charge is -2.34. The molecule has 4 bridgehead atoms. The van der Waals surface area contributed by atoms with E-state index in [2.05, 4.69) is 12.2 Å². The zero-order valence-electron chi connectivity index (χ0n) is 17.0. The first kappa shape index (κ1) is 19.0. The van der Waals surface area contributed by atoms with E-state index in [1.807, 2.05) is 4.90 Å². The first-order chi connectivity index (χ1) is 13.6. The fraction of sp³-hybridized carbons (Fsp3) is 0.864. The van der Waals surface area contributed by atoms with Gasteiger partial charge in [0.25, 0.3) is 0 Å². The first-order valence-electron chi connectivity index (χ1n) is 11.4. The second-order valence-electron chi connectivity index (χ2n) is 9.84. The Morgan fingerprint density at radius 1 is 1.18 bits per heavy atom. The summed E-state index contributed by atoms with van der Waals surface area (Å²) in [6.07, 6.45) is 12.7. The van der Waals surface area contributed by atoms with Crippen LogP contribution in [0.5, 0.6) is 0 Å². The smallest absolute Gasteiger partial charge is 0.240 e. The van der Waals surface area contributed by atoms with Gasteiger partial charge in [-0.3, -0.25) is 14.6 Å². The lowest BCUT2D eigenvalue weighted by molar-refractivity contribution is -0.135. The molecule has 6 heteroatoms. The molecule has 0 aromatic carbocycles. The Balaban J connectivity index is 1.24. The number of hydrogen-bond acceptors (Lipinski definition) is 4. The molecule has 3 atom stereocenters. The highest BCUT2D eigenvalue weighted by molar-refractivity contribution is 8.15. The van der Waals surface area contributed by atoms with Crippen molar-refractivity contribution in [3.63, 3.8) is 0 Å². The van der Waals surface area contributed by atoms with Crippen LogP contribution in [0.4, 0.5) is 0 Å². The molecule has 5 aliphatic carbocycles. The molecule has 1 saturated heterocycles. The molecule has 2 amide bonds. The van der Waals surface area contributed by atoms with Gasteiger partial charge in [0, 0.05) is 19.0 Å². The second kappa shape index (κ2) is 7.33. The largest absolute Gasteiger partial charge is 0.340 e. The van der Waals surface area contributed by atoms with Crippen molar-refractivity contribution in [3.8, 4) is 0 Å². The third kappa shape index (κ3) is 3.29. The van der Waals surface area contributed by atoms with Crippen LogP contribution in [0.25, 0.3) is 0 Å². The van der Waals surface area contributed by atoms with Crippen LogP contribution in [0.15, 0.2) is 4.99 Å². The highest BCUT2D eigenvalue weighted by atomic mass is 32.2. The minimum Gasteiger partial charge on any atom is -0.340 e. The van der Waals surface area contributed by atoms with Gasteiger partial charge in [0.1, 0.15) is 5.25 Å². The van der Waals surface area contributed by atoms with Crippen LogP contribution in [0.1, 0.15) is 77.6 Å². The van der Waals surface area contributed by atoms with Crippen molar-refractivity contribution in [1.82, 2.24) is 10.2 Å². The van der Waals surface area contributed by atoms with E-state index in [0.29, 0.717) is 12.5 Å². The topological polar surface area (TPSA) is 61.8 Å². The lowest BCUT2D eigenvalue weighted by atomic mass is 9.81. The highest BCUT2D eigenvalue weighted by Crippen LogP contribution is 2.62. The van der Waals surface area contributed by atoms with Gasteiger partial charge >= 0.3 is 0 Å². The zero-order chi connectivity index (χ0) is 19.3. The number of carbonyl (C=O) groups is 2. The van der Waals surface area contributed by atoms with Gasteiger partial charge in [0.2, 0.25) is 11.8 Å². The summed E-state index contributed by atoms with van der Waals surface area (Å²) in [6, 6.07) is 0.372. The van der Waals surface area contributed by atoms with E-state index in [4.69, 9.17) is 4.99 Å². The van der Waals surface area contributed by atoms with Gasteiger partial charge in [-0.1, -0.05) is 31.0 Å². The standard InChI is InChI=1S/C22H33N3O2S/c1-2-25(17-6-4-3-5-7-17)19(26)11-18-20(27)23-21(28-18)24-22-12-14-8-15(13-22)10-16(22)9-14/h14-18H,2-13H2,1H3,(H,23,24,27). The van der Waals surface area contributed by atoms with E-state index in [-0.39, 0.29) is 22.6 Å². The normalized spacial score (nSPS) is 41.0. The summed E-state index contributed by atoms with van der Waals surface area (Å²) in [6.45, 7) is 2.81. The van der Waals surface area contributed by atoms with E-state index in [9.17, 15) is 9.59 Å². The molecule has 6 fully saturated rings. The third-order valence-corrected chi connectivity index (χ3v) is 9.17. The predicted octanol–water partition coefficient (Wildman–Crippen LogP) is 3.72. The van der Waals surface area contributed by atoms with Crippen LogP contribution in [0, 0.1) is 17.8 Å². The summed E-state index contributed by atoms with van der Waals surface area (Å²) in [5.41, 5.74) is 0.0969. The average Bonchev–Trinajstić information content (AvgIpc) is 3.21. The van der Waals surface area contributed by atoms with Gasteiger partial charge in [-0.15, -0.1) is 0 Å². The fourth-order valence-corrected chi connectivity index (χ4v) is 8.09. The van der Waals surface area contributed by atoms with Gasteiger partial charge in [-0.05, 0) is 69.6 Å². The third-order valence-electron chi connectivity index (χ3n) is 8.08. The Kier molecular flexibility index (Phi) is 4.96. The maximum Gasteiger partial charge on any atom is 0.240 e. The molecule has 0 aromatic rings. The van der Waals surface area contributed by atoms with E-state index >= 15 is 0 Å². The molecule has 1 aliphatic heterocycles. The monoisotopic (exact) mass is 403 g/mol. The van der Waals surface area contributed by atoms with Crippen molar-refractivity contribution < 1.29 is 9.59 Å². The molecule has 6 rings (SSSR count). The number of thioether (sulfide) groups is 1. The van der Waals surface area contributed by atoms with Gasteiger partial charge in [-0.25, -0.2) is 0 Å². The molecule has 0 radical (unpaired) electrons. The summed E-state index contributed by atoms with van der Waals surface area (Å²) < 4.78 is 0. The number of aliphatic imine (C=N–C) groups is 1. The summed E-state index contributed by atoms with van der Waals surface area (Å²) in [5.74, 6) is 2.56. The molecule has 1 N–H and O–H groups in total. The number of nitrogens with one attached hydrogen (secondary N) is 1. The van der Waals surface area contributed by atoms with Crippen molar-refractivity contribution >= 4 is 28.7 Å². The molecular formula is C22H33N3O2S. The first-order valence-corrected chi connectivity index (χ1v) is 12.3. The summed E-state index contributed by atoms with van der Waals surface area (Å²) >= 11 is 1.51. The number of amidine groups is 1. The Hall–Kier alpha value is -1.04. The van der Waals surface area contributed by atoms with Gasteiger partial charge in [0.05, 0.1) is 5.54 Å². The number of carbonyl (C=O) groups excluding carboxylic acids is 2. The lowest BCUT2D eigenvalue weighted by Crippen LogP contribution is -2.43. The van der Waals surface area contributed by atoms with Crippen molar-refractivity contribution in [3.05, 3.63) is 0 Å². The van der Waals surface area contributed by atoms with Gasteiger partial charge in [0.15, 0.2) is 5.17 Å². The van der Waals surface area contributed by atoms with E-state index < -0.39 is 0 Å². The van der Waals surface area contributed by atoms with Crippen molar-refractivity contribution in [2.24, 2.45) is 22.7 Å². The minimum atomic E-state index is -0.309. The predicted molar refractivity (Wildman–Crippen MR) is 112 cm³/mol. The molecule has 5 saturated carbocycles. The Labute approximate surface area is 172 Å². The number of amides is 2. The van der Waals surface area contributed by atoms with Gasteiger partial charge < -0.3 is 10.2 Å². The van der Waals surface area contributed by atoms with Crippen LogP contribution in [-0.4, -0.2) is 45.3 Å². The molecule has 5 nitrogen and oxygen atoms in total. The fourth-order valence-electron chi connectivity index (χ4n) is 7.04. The SMILES string of the molecule is CCN(C(=O)CC1SC(=NC23CC4CC(CC2C4)C3)NC1=O)C1CCCCC1. The van der Waals surface area contributed by atoms with Crippen LogP contribution < -0.4 is 5.32 Å². The zero-order valence-corrected chi connectivity index (χ0v) is 17.8. The number of hydrogen-bond donors (Lipinski definition) is 1. The maximum atomic E-state index is 12.9. The molecule has 6 aliphatic rings. The maximum absolute atomic E-state index is 12.9. The summed E-state index contributed by atoms with van der Waals surface area (Å²) in [4.78, 5) is 32.7. The van der Waals surface area contributed by atoms with E-state index in [1.165, 1.54) is 63.1 Å². The van der Waals surface area contributed by atoms with Crippen molar-refractivity contribution in [2.75, 3.05) is 6.54 Å². The molecule has 154 valence electrons. The minimum absolute atomic E-state index is 0.0223. The highest BCUT2D eigenvalue weighted by Gasteiger charge is 2.58. The molecule has 1 heterocycles. The number of nitrogens with zero attached hydrogens (tertiary/aromatic N) is 2. The summed E-state index contributed by atoms with van der Waals surface area (Å²) in [5, 5.41) is 3.49. The van der Waals surface area contributed by atoms with Crippen LogP contribution in [0.2, 0.25) is 0 Å².